The predicted molar refractivity (Wildman–Crippen MR) is 96.4 cm³/mol. The molecule has 8 heteroatoms. The van der Waals surface area contributed by atoms with Gasteiger partial charge in [0.1, 0.15) is 17.8 Å². The molecule has 1 aromatic heterocycles. The summed E-state index contributed by atoms with van der Waals surface area (Å²) in [6, 6.07) is 7.19. The molecule has 1 fully saturated rings. The molecular weight excluding hydrogens is 356 g/mol. The third kappa shape index (κ3) is 4.85. The molecule has 1 saturated carbocycles. The number of methoxy groups -OCH3 is 1. The molecule has 1 aliphatic rings. The van der Waals surface area contributed by atoms with Crippen molar-refractivity contribution in [3.8, 4) is 17.2 Å². The Labute approximate surface area is 152 Å². The van der Waals surface area contributed by atoms with Gasteiger partial charge in [-0.05, 0) is 37.1 Å². The summed E-state index contributed by atoms with van der Waals surface area (Å²) >= 11 is 0. The van der Waals surface area contributed by atoms with Crippen molar-refractivity contribution in [3.63, 3.8) is 0 Å². The van der Waals surface area contributed by atoms with Crippen LogP contribution in [0.15, 0.2) is 34.9 Å². The van der Waals surface area contributed by atoms with Gasteiger partial charge in [0.2, 0.25) is 11.8 Å². The molecule has 26 heavy (non-hydrogen) atoms. The Hall–Kier alpha value is -2.35. The number of hydrogen-bond donors (Lipinski definition) is 1. The number of carbonyl (C=O) groups excluding carboxylic acids is 1. The van der Waals surface area contributed by atoms with Crippen molar-refractivity contribution in [1.82, 2.24) is 10.3 Å². The number of ether oxygens (including phenoxy) is 1. The summed E-state index contributed by atoms with van der Waals surface area (Å²) in [4.78, 5) is 16.2. The van der Waals surface area contributed by atoms with Crippen LogP contribution in [-0.2, 0) is 20.4 Å². The van der Waals surface area contributed by atoms with Crippen molar-refractivity contribution in [1.29, 1.82) is 0 Å². The molecule has 0 saturated heterocycles. The van der Waals surface area contributed by atoms with E-state index in [1.54, 1.807) is 31.4 Å². The monoisotopic (exact) mass is 378 g/mol. The maximum Gasteiger partial charge on any atom is 0.235 e. The van der Waals surface area contributed by atoms with Crippen LogP contribution in [0, 0.1) is 0 Å². The van der Waals surface area contributed by atoms with Crippen LogP contribution in [-0.4, -0.2) is 38.2 Å². The summed E-state index contributed by atoms with van der Waals surface area (Å²) in [6.45, 7) is 0. The minimum atomic E-state index is -3.61. The van der Waals surface area contributed by atoms with Gasteiger partial charge in [0, 0.05) is 11.6 Å². The van der Waals surface area contributed by atoms with E-state index in [4.69, 9.17) is 9.15 Å². The molecule has 1 N–H and O–H groups in total. The topological polar surface area (TPSA) is 98.5 Å². The van der Waals surface area contributed by atoms with Crippen LogP contribution in [0.2, 0.25) is 0 Å². The molecule has 2 aromatic rings. The van der Waals surface area contributed by atoms with Gasteiger partial charge in [-0.25, -0.2) is 13.4 Å². The Morgan fingerprint density at radius 2 is 1.96 bits per heavy atom. The Kier molecular flexibility index (Phi) is 5.61. The quantitative estimate of drug-likeness (QED) is 0.794. The molecule has 7 nitrogen and oxygen atoms in total. The number of hydrogen-bond acceptors (Lipinski definition) is 6. The third-order valence-corrected chi connectivity index (χ3v) is 5.77. The minimum absolute atomic E-state index is 0.103. The highest BCUT2D eigenvalue weighted by Crippen LogP contribution is 2.22. The molecule has 0 radical (unpaired) electrons. The average molecular weight is 378 g/mol. The first kappa shape index (κ1) is 18.4. The first-order valence-corrected chi connectivity index (χ1v) is 10.4. The van der Waals surface area contributed by atoms with Crippen molar-refractivity contribution >= 4 is 15.7 Å². The van der Waals surface area contributed by atoms with Crippen LogP contribution in [0.1, 0.15) is 31.4 Å². The zero-order valence-electron chi connectivity index (χ0n) is 14.6. The number of amides is 1. The van der Waals surface area contributed by atoms with Crippen LogP contribution in [0.5, 0.6) is 5.75 Å². The summed E-state index contributed by atoms with van der Waals surface area (Å²) in [5.74, 6) is -0.278. The molecule has 1 aromatic carbocycles. The molecule has 0 spiro atoms. The molecule has 1 aliphatic carbocycles. The smallest absolute Gasteiger partial charge is 0.235 e. The van der Waals surface area contributed by atoms with Crippen LogP contribution in [0.4, 0.5) is 0 Å². The molecule has 0 unspecified atom stereocenters. The van der Waals surface area contributed by atoms with Gasteiger partial charge in [0.05, 0.1) is 18.6 Å². The van der Waals surface area contributed by atoms with Crippen molar-refractivity contribution in [2.45, 2.75) is 37.5 Å². The van der Waals surface area contributed by atoms with Gasteiger partial charge in [0.15, 0.2) is 9.84 Å². The molecule has 1 amide bonds. The van der Waals surface area contributed by atoms with E-state index in [1.165, 1.54) is 6.26 Å². The van der Waals surface area contributed by atoms with E-state index in [0.29, 0.717) is 17.2 Å². The average Bonchev–Trinajstić information content (AvgIpc) is 3.26. The number of sulfone groups is 1. The first-order chi connectivity index (χ1) is 12.4. The van der Waals surface area contributed by atoms with E-state index >= 15 is 0 Å². The maximum absolute atomic E-state index is 12.3. The van der Waals surface area contributed by atoms with E-state index in [9.17, 15) is 13.2 Å². The normalized spacial score (nSPS) is 15.1. The number of aromatic nitrogens is 1. The number of oxazole rings is 1. The number of nitrogens with zero attached hydrogens (tertiary/aromatic N) is 1. The largest absolute Gasteiger partial charge is 0.497 e. The molecule has 0 aliphatic heterocycles. The Bertz CT molecular complexity index is 852. The highest BCUT2D eigenvalue weighted by molar-refractivity contribution is 7.91. The molecule has 0 bridgehead atoms. The zero-order chi connectivity index (χ0) is 18.6. The van der Waals surface area contributed by atoms with E-state index < -0.39 is 21.5 Å². The number of benzene rings is 1. The maximum atomic E-state index is 12.3. The van der Waals surface area contributed by atoms with E-state index in [0.717, 1.165) is 25.7 Å². The second-order valence-electron chi connectivity index (χ2n) is 6.45. The van der Waals surface area contributed by atoms with Gasteiger partial charge in [-0.2, -0.15) is 0 Å². The van der Waals surface area contributed by atoms with E-state index in [2.05, 4.69) is 10.3 Å². The summed E-state index contributed by atoms with van der Waals surface area (Å²) in [7, 11) is -2.03. The summed E-state index contributed by atoms with van der Waals surface area (Å²) < 4.78 is 35.0. The molecular formula is C18H22N2O5S. The summed E-state index contributed by atoms with van der Waals surface area (Å²) in [5.41, 5.74) is 0.998. The van der Waals surface area contributed by atoms with Crippen LogP contribution >= 0.6 is 0 Å². The van der Waals surface area contributed by atoms with Gasteiger partial charge in [-0.3, -0.25) is 4.79 Å². The third-order valence-electron chi connectivity index (χ3n) is 4.33. The fourth-order valence-electron chi connectivity index (χ4n) is 3.06. The van der Waals surface area contributed by atoms with Gasteiger partial charge < -0.3 is 14.5 Å². The number of rotatable bonds is 7. The zero-order valence-corrected chi connectivity index (χ0v) is 15.4. The second-order valence-corrected chi connectivity index (χ2v) is 8.52. The van der Waals surface area contributed by atoms with Crippen LogP contribution in [0.25, 0.3) is 11.5 Å². The van der Waals surface area contributed by atoms with Gasteiger partial charge in [-0.15, -0.1) is 0 Å². The minimum Gasteiger partial charge on any atom is -0.497 e. The Morgan fingerprint density at radius 1 is 1.27 bits per heavy atom. The number of carbonyl (C=O) groups is 1. The SMILES string of the molecule is COc1ccc(-c2nc(CS(=O)(=O)CC(=O)NC3CCCC3)co2)cc1. The number of nitrogens with one attached hydrogen (secondary N) is 1. The lowest BCUT2D eigenvalue weighted by Gasteiger charge is -2.11. The molecule has 1 heterocycles. The lowest BCUT2D eigenvalue weighted by Crippen LogP contribution is -2.37. The summed E-state index contributed by atoms with van der Waals surface area (Å²) in [5, 5.41) is 2.79. The van der Waals surface area contributed by atoms with Gasteiger partial charge in [-0.1, -0.05) is 12.8 Å². The fraction of sp³-hybridized carbons (Fsp3) is 0.444. The first-order valence-electron chi connectivity index (χ1n) is 8.54. The second kappa shape index (κ2) is 7.90. The summed E-state index contributed by atoms with van der Waals surface area (Å²) in [6.07, 6.45) is 5.29. The molecule has 140 valence electrons. The molecule has 3 rings (SSSR count). The Balaban J connectivity index is 1.60. The van der Waals surface area contributed by atoms with Gasteiger partial charge in [0.25, 0.3) is 0 Å². The lowest BCUT2D eigenvalue weighted by atomic mass is 10.2. The van der Waals surface area contributed by atoms with E-state index in [-0.39, 0.29) is 17.5 Å². The van der Waals surface area contributed by atoms with E-state index in [1.807, 2.05) is 0 Å². The highest BCUT2D eigenvalue weighted by atomic mass is 32.2. The van der Waals surface area contributed by atoms with Crippen molar-refractivity contribution in [2.75, 3.05) is 12.9 Å². The fourth-order valence-corrected chi connectivity index (χ4v) is 4.22. The highest BCUT2D eigenvalue weighted by Gasteiger charge is 2.23. The van der Waals surface area contributed by atoms with Crippen molar-refractivity contribution in [2.24, 2.45) is 0 Å². The lowest BCUT2D eigenvalue weighted by molar-refractivity contribution is -0.119. The molecule has 0 atom stereocenters. The standard InChI is InChI=1S/C18H22N2O5S/c1-24-16-8-6-13(7-9-16)18-20-15(10-25-18)11-26(22,23)12-17(21)19-14-4-2-3-5-14/h6-10,14H,2-5,11-12H2,1H3,(H,19,21). The van der Waals surface area contributed by atoms with Gasteiger partial charge >= 0.3 is 0 Å². The predicted octanol–water partition coefficient (Wildman–Crippen LogP) is 2.32. The van der Waals surface area contributed by atoms with Crippen molar-refractivity contribution in [3.05, 3.63) is 36.2 Å². The Morgan fingerprint density at radius 3 is 2.62 bits per heavy atom. The van der Waals surface area contributed by atoms with Crippen LogP contribution in [0.3, 0.4) is 0 Å². The van der Waals surface area contributed by atoms with Crippen LogP contribution < -0.4 is 10.1 Å². The van der Waals surface area contributed by atoms with Crippen molar-refractivity contribution < 1.29 is 22.4 Å².